The molecule has 0 unspecified atom stereocenters. The largest absolute Gasteiger partial charge is 0.493 e. The number of hydrogen-bond donors (Lipinski definition) is 2. The summed E-state index contributed by atoms with van der Waals surface area (Å²) in [7, 11) is 3.06. The number of carbonyl (C=O) groups is 1. The summed E-state index contributed by atoms with van der Waals surface area (Å²) in [6.45, 7) is 0. The second-order valence-electron chi connectivity index (χ2n) is 5.94. The molecule has 0 atom stereocenters. The summed E-state index contributed by atoms with van der Waals surface area (Å²) in [5, 5.41) is 14.6. The Hall–Kier alpha value is -3.55. The zero-order chi connectivity index (χ0) is 18.4. The topological polar surface area (TPSA) is 106 Å². The van der Waals surface area contributed by atoms with Crippen molar-refractivity contribution in [1.82, 2.24) is 4.98 Å². The first-order valence-corrected chi connectivity index (χ1v) is 7.87. The molecule has 132 valence electrons. The van der Waals surface area contributed by atoms with E-state index in [4.69, 9.17) is 9.47 Å². The highest BCUT2D eigenvalue weighted by molar-refractivity contribution is 6.06. The predicted octanol–water partition coefficient (Wildman–Crippen LogP) is 3.25. The monoisotopic (exact) mass is 353 g/mol. The number of rotatable bonds is 3. The van der Waals surface area contributed by atoms with Crippen LogP contribution in [0, 0.1) is 10.1 Å². The van der Waals surface area contributed by atoms with Gasteiger partial charge in [-0.1, -0.05) is 0 Å². The van der Waals surface area contributed by atoms with Crippen molar-refractivity contribution in [3.63, 3.8) is 0 Å². The molecule has 2 aromatic carbocycles. The Labute approximate surface area is 147 Å². The van der Waals surface area contributed by atoms with Crippen molar-refractivity contribution in [2.24, 2.45) is 0 Å². The second-order valence-corrected chi connectivity index (χ2v) is 5.94. The lowest BCUT2D eigenvalue weighted by atomic mass is 10.0. The van der Waals surface area contributed by atoms with Gasteiger partial charge in [0.1, 0.15) is 0 Å². The number of carbonyl (C=O) groups excluding carboxylic acids is 1. The number of fused-ring (bicyclic) bond motifs is 5. The lowest BCUT2D eigenvalue weighted by Crippen LogP contribution is -2.12. The molecule has 4 rings (SSSR count). The smallest absolute Gasteiger partial charge is 0.270 e. The third-order valence-electron chi connectivity index (χ3n) is 4.51. The lowest BCUT2D eigenvalue weighted by Gasteiger charge is -2.13. The van der Waals surface area contributed by atoms with Gasteiger partial charge in [-0.25, -0.2) is 0 Å². The SMILES string of the molecule is COc1cc2c(cc1OC)-c1[nH]c3ccc([N+](=O)[O-])cc3c1CC(=O)N2. The van der Waals surface area contributed by atoms with Crippen molar-refractivity contribution >= 4 is 28.2 Å². The number of amides is 1. The summed E-state index contributed by atoms with van der Waals surface area (Å²) in [4.78, 5) is 26.3. The minimum absolute atomic E-state index is 0.0171. The average Bonchev–Trinajstić information content (AvgIpc) is 2.91. The highest BCUT2D eigenvalue weighted by atomic mass is 16.6. The predicted molar refractivity (Wildman–Crippen MR) is 95.8 cm³/mol. The minimum atomic E-state index is -0.447. The maximum Gasteiger partial charge on any atom is 0.270 e. The molecule has 2 heterocycles. The molecule has 2 N–H and O–H groups in total. The van der Waals surface area contributed by atoms with Crippen LogP contribution >= 0.6 is 0 Å². The first kappa shape index (κ1) is 15.9. The van der Waals surface area contributed by atoms with Gasteiger partial charge in [-0.05, 0) is 17.7 Å². The highest BCUT2D eigenvalue weighted by Gasteiger charge is 2.25. The molecule has 8 heteroatoms. The summed E-state index contributed by atoms with van der Waals surface area (Å²) < 4.78 is 10.7. The number of aromatic nitrogens is 1. The van der Waals surface area contributed by atoms with Gasteiger partial charge in [-0.2, -0.15) is 0 Å². The van der Waals surface area contributed by atoms with Gasteiger partial charge in [0.25, 0.3) is 5.69 Å². The van der Waals surface area contributed by atoms with E-state index in [-0.39, 0.29) is 18.0 Å². The molecule has 0 saturated heterocycles. The number of nitro benzene ring substituents is 1. The number of nitrogens with zero attached hydrogens (tertiary/aromatic N) is 1. The molecule has 0 fully saturated rings. The van der Waals surface area contributed by atoms with E-state index in [0.717, 1.165) is 16.8 Å². The molecule has 26 heavy (non-hydrogen) atoms. The van der Waals surface area contributed by atoms with Gasteiger partial charge in [0.05, 0.1) is 36.9 Å². The molecule has 0 aliphatic carbocycles. The molecule has 0 radical (unpaired) electrons. The number of anilines is 1. The number of hydrogen-bond acceptors (Lipinski definition) is 5. The van der Waals surface area contributed by atoms with E-state index in [2.05, 4.69) is 10.3 Å². The Bertz CT molecular complexity index is 1070. The van der Waals surface area contributed by atoms with Gasteiger partial charge in [-0.3, -0.25) is 14.9 Å². The first-order chi connectivity index (χ1) is 12.5. The van der Waals surface area contributed by atoms with Crippen LogP contribution in [0.15, 0.2) is 30.3 Å². The number of aromatic amines is 1. The summed E-state index contributed by atoms with van der Waals surface area (Å²) in [5.41, 5.74) is 3.49. The molecule has 1 aliphatic heterocycles. The standard InChI is InChI=1S/C18H15N3O5/c1-25-15-6-12-14(8-16(15)26-2)19-17(22)7-11-10-5-9(21(23)24)3-4-13(10)20-18(11)12/h3-6,8,20H,7H2,1-2H3,(H,19,22). The maximum atomic E-state index is 12.4. The van der Waals surface area contributed by atoms with Crippen LogP contribution in [0.25, 0.3) is 22.2 Å². The second kappa shape index (κ2) is 5.76. The molecule has 3 aromatic rings. The number of ether oxygens (including phenoxy) is 2. The van der Waals surface area contributed by atoms with Gasteiger partial charge in [-0.15, -0.1) is 0 Å². The molecule has 8 nitrogen and oxygen atoms in total. The van der Waals surface area contributed by atoms with Crippen molar-refractivity contribution in [3.8, 4) is 22.8 Å². The van der Waals surface area contributed by atoms with Gasteiger partial charge < -0.3 is 19.8 Å². The number of nitrogens with one attached hydrogen (secondary N) is 2. The van der Waals surface area contributed by atoms with Crippen molar-refractivity contribution in [2.45, 2.75) is 6.42 Å². The molecule has 0 saturated carbocycles. The Morgan fingerprint density at radius 2 is 1.85 bits per heavy atom. The fraction of sp³-hybridized carbons (Fsp3) is 0.167. The van der Waals surface area contributed by atoms with Crippen LogP contribution in [0.3, 0.4) is 0 Å². The number of H-pyrrole nitrogens is 1. The number of nitro groups is 1. The lowest BCUT2D eigenvalue weighted by molar-refractivity contribution is -0.384. The molecular formula is C18H15N3O5. The normalized spacial score (nSPS) is 12.8. The van der Waals surface area contributed by atoms with E-state index in [0.29, 0.717) is 28.1 Å². The first-order valence-electron chi connectivity index (χ1n) is 7.87. The van der Waals surface area contributed by atoms with Crippen molar-refractivity contribution in [2.75, 3.05) is 19.5 Å². The summed E-state index contributed by atoms with van der Waals surface area (Å²) >= 11 is 0. The van der Waals surface area contributed by atoms with Gasteiger partial charge in [0.2, 0.25) is 5.91 Å². The van der Waals surface area contributed by atoms with Crippen LogP contribution in [0.2, 0.25) is 0 Å². The van der Waals surface area contributed by atoms with Gasteiger partial charge >= 0.3 is 0 Å². The van der Waals surface area contributed by atoms with Crippen LogP contribution in [-0.4, -0.2) is 30.0 Å². The molecular weight excluding hydrogens is 338 g/mol. The van der Waals surface area contributed by atoms with Crippen LogP contribution in [0.5, 0.6) is 11.5 Å². The van der Waals surface area contributed by atoms with Crippen LogP contribution in [0.4, 0.5) is 11.4 Å². The molecule has 0 bridgehead atoms. The van der Waals surface area contributed by atoms with Crippen molar-refractivity contribution < 1.29 is 19.2 Å². The Morgan fingerprint density at radius 1 is 1.12 bits per heavy atom. The van der Waals surface area contributed by atoms with Crippen molar-refractivity contribution in [1.29, 1.82) is 0 Å². The van der Waals surface area contributed by atoms with E-state index in [9.17, 15) is 14.9 Å². The Morgan fingerprint density at radius 3 is 2.54 bits per heavy atom. The zero-order valence-electron chi connectivity index (χ0n) is 14.1. The fourth-order valence-corrected chi connectivity index (χ4v) is 3.31. The highest BCUT2D eigenvalue weighted by Crippen LogP contribution is 2.43. The third kappa shape index (κ3) is 2.34. The Balaban J connectivity index is 2.02. The summed E-state index contributed by atoms with van der Waals surface area (Å²) in [6.07, 6.45) is 0.107. The third-order valence-corrected chi connectivity index (χ3v) is 4.51. The average molecular weight is 353 g/mol. The summed E-state index contributed by atoms with van der Waals surface area (Å²) in [6, 6.07) is 8.06. The molecule has 0 spiro atoms. The van der Waals surface area contributed by atoms with E-state index >= 15 is 0 Å². The van der Waals surface area contributed by atoms with E-state index in [1.54, 1.807) is 18.2 Å². The Kier molecular flexibility index (Phi) is 3.54. The molecule has 1 aromatic heterocycles. The quantitative estimate of drug-likeness (QED) is 0.555. The number of benzene rings is 2. The fourth-order valence-electron chi connectivity index (χ4n) is 3.31. The number of methoxy groups -OCH3 is 2. The van der Waals surface area contributed by atoms with E-state index in [1.165, 1.54) is 26.4 Å². The van der Waals surface area contributed by atoms with Crippen molar-refractivity contribution in [3.05, 3.63) is 46.0 Å². The van der Waals surface area contributed by atoms with Crippen LogP contribution < -0.4 is 14.8 Å². The minimum Gasteiger partial charge on any atom is -0.493 e. The van der Waals surface area contributed by atoms with Gasteiger partial charge in [0.15, 0.2) is 11.5 Å². The maximum absolute atomic E-state index is 12.4. The summed E-state index contributed by atoms with van der Waals surface area (Å²) in [5.74, 6) is 0.823. The van der Waals surface area contributed by atoms with Crippen LogP contribution in [0.1, 0.15) is 5.56 Å². The van der Waals surface area contributed by atoms with E-state index < -0.39 is 4.92 Å². The van der Waals surface area contributed by atoms with E-state index in [1.807, 2.05) is 0 Å². The van der Waals surface area contributed by atoms with Crippen LogP contribution in [-0.2, 0) is 11.2 Å². The van der Waals surface area contributed by atoms with Gasteiger partial charge in [0, 0.05) is 34.7 Å². The molecule has 1 aliphatic rings. The molecule has 1 amide bonds. The zero-order valence-corrected chi connectivity index (χ0v) is 14.1. The number of non-ortho nitro benzene ring substituents is 1.